The lowest BCUT2D eigenvalue weighted by molar-refractivity contribution is 0.0657. The largest absolute Gasteiger partial charge is 0.459 e. The molecule has 1 aliphatic heterocycles. The number of para-hydroxylation sites is 1. The molecule has 4 rings (SSSR count). The molecular formula is C23H29IN6O2. The maximum Gasteiger partial charge on any atom is 0.289 e. The fraction of sp³-hybridized carbons (Fsp3) is 0.348. The number of hydrogen-bond acceptors (Lipinski definition) is 5. The molecule has 170 valence electrons. The minimum absolute atomic E-state index is 0. The number of hydrogen-bond donors (Lipinski definition) is 2. The third-order valence-corrected chi connectivity index (χ3v) is 5.21. The summed E-state index contributed by atoms with van der Waals surface area (Å²) < 4.78 is 5.23. The van der Waals surface area contributed by atoms with E-state index < -0.39 is 0 Å². The number of benzene rings is 1. The number of aliphatic imine (C=N–C) groups is 1. The molecule has 1 aromatic carbocycles. The van der Waals surface area contributed by atoms with Gasteiger partial charge in [0, 0.05) is 44.7 Å². The van der Waals surface area contributed by atoms with Gasteiger partial charge in [-0.25, -0.2) is 4.98 Å². The Morgan fingerprint density at radius 1 is 1.06 bits per heavy atom. The minimum Gasteiger partial charge on any atom is -0.459 e. The average molecular weight is 548 g/mol. The van der Waals surface area contributed by atoms with Gasteiger partial charge in [0.05, 0.1) is 18.3 Å². The Labute approximate surface area is 205 Å². The van der Waals surface area contributed by atoms with E-state index in [1.807, 2.05) is 29.2 Å². The van der Waals surface area contributed by atoms with Crippen LogP contribution in [0, 0.1) is 0 Å². The topological polar surface area (TPSA) is 86.0 Å². The van der Waals surface area contributed by atoms with Gasteiger partial charge in [0.25, 0.3) is 5.91 Å². The van der Waals surface area contributed by atoms with E-state index in [1.165, 1.54) is 6.26 Å². The number of carbonyl (C=O) groups is 1. The molecule has 9 heteroatoms. The Morgan fingerprint density at radius 2 is 1.84 bits per heavy atom. The van der Waals surface area contributed by atoms with Crippen LogP contribution in [0.4, 0.5) is 5.82 Å². The summed E-state index contributed by atoms with van der Waals surface area (Å²) in [5.74, 6) is 2.06. The standard InChI is InChI=1S/C23H28N6O2.HI/c1-2-24-23(29-15-13-28(14-16-29)22(30)20-8-5-17-31-20)26-12-11-25-21-10-9-18-6-3-4-7-19(18)27-21;/h3-10,17H,2,11-16H2,1H3,(H,24,26)(H,25,27);1H. The molecule has 1 fully saturated rings. The van der Waals surface area contributed by atoms with Crippen LogP contribution < -0.4 is 10.6 Å². The van der Waals surface area contributed by atoms with Crippen molar-refractivity contribution in [3.05, 3.63) is 60.6 Å². The summed E-state index contributed by atoms with van der Waals surface area (Å²) in [6.07, 6.45) is 1.53. The first-order chi connectivity index (χ1) is 15.2. The van der Waals surface area contributed by atoms with Crippen LogP contribution in [0.25, 0.3) is 10.9 Å². The van der Waals surface area contributed by atoms with Gasteiger partial charge in [0.1, 0.15) is 5.82 Å². The van der Waals surface area contributed by atoms with Crippen molar-refractivity contribution < 1.29 is 9.21 Å². The van der Waals surface area contributed by atoms with Gasteiger partial charge in [-0.05, 0) is 37.3 Å². The Kier molecular flexibility index (Phi) is 8.72. The predicted octanol–water partition coefficient (Wildman–Crippen LogP) is 3.28. The van der Waals surface area contributed by atoms with E-state index >= 15 is 0 Å². The van der Waals surface area contributed by atoms with Gasteiger partial charge in [-0.1, -0.05) is 18.2 Å². The summed E-state index contributed by atoms with van der Waals surface area (Å²) in [5.41, 5.74) is 0.978. The number of piperazine rings is 1. The summed E-state index contributed by atoms with van der Waals surface area (Å²) >= 11 is 0. The lowest BCUT2D eigenvalue weighted by Gasteiger charge is -2.36. The maximum absolute atomic E-state index is 12.4. The molecule has 0 atom stereocenters. The third kappa shape index (κ3) is 5.90. The first kappa shape index (κ1) is 23.8. The summed E-state index contributed by atoms with van der Waals surface area (Å²) in [5, 5.41) is 7.83. The molecule has 0 radical (unpaired) electrons. The quantitative estimate of drug-likeness (QED) is 0.213. The highest BCUT2D eigenvalue weighted by molar-refractivity contribution is 14.0. The smallest absolute Gasteiger partial charge is 0.289 e. The van der Waals surface area contributed by atoms with Crippen molar-refractivity contribution >= 4 is 52.6 Å². The van der Waals surface area contributed by atoms with Crippen LogP contribution >= 0.6 is 24.0 Å². The van der Waals surface area contributed by atoms with Gasteiger partial charge >= 0.3 is 0 Å². The van der Waals surface area contributed by atoms with E-state index in [0.29, 0.717) is 31.9 Å². The number of pyridine rings is 1. The third-order valence-electron chi connectivity index (χ3n) is 5.21. The number of halogens is 1. The van der Waals surface area contributed by atoms with Crippen LogP contribution in [0.2, 0.25) is 0 Å². The number of nitrogens with zero attached hydrogens (tertiary/aromatic N) is 4. The van der Waals surface area contributed by atoms with Crippen LogP contribution in [0.15, 0.2) is 64.2 Å². The zero-order chi connectivity index (χ0) is 21.5. The maximum atomic E-state index is 12.4. The highest BCUT2D eigenvalue weighted by Gasteiger charge is 2.25. The normalized spacial score (nSPS) is 14.2. The molecule has 32 heavy (non-hydrogen) atoms. The molecule has 2 aromatic heterocycles. The van der Waals surface area contributed by atoms with E-state index in [0.717, 1.165) is 42.3 Å². The van der Waals surface area contributed by atoms with Crippen LogP contribution in [0.5, 0.6) is 0 Å². The van der Waals surface area contributed by atoms with Crippen molar-refractivity contribution in [1.29, 1.82) is 0 Å². The number of fused-ring (bicyclic) bond motifs is 1. The number of amides is 1. The second-order valence-corrected chi connectivity index (χ2v) is 7.31. The molecule has 0 bridgehead atoms. The fourth-order valence-corrected chi connectivity index (χ4v) is 3.61. The second-order valence-electron chi connectivity index (χ2n) is 7.31. The van der Waals surface area contributed by atoms with Crippen LogP contribution in [0.1, 0.15) is 17.5 Å². The van der Waals surface area contributed by atoms with Gasteiger partial charge in [0.2, 0.25) is 0 Å². The van der Waals surface area contributed by atoms with Crippen molar-refractivity contribution in [3.8, 4) is 0 Å². The lowest BCUT2D eigenvalue weighted by Crippen LogP contribution is -2.53. The Balaban J connectivity index is 0.00000289. The van der Waals surface area contributed by atoms with Gasteiger partial charge in [-0.15, -0.1) is 24.0 Å². The average Bonchev–Trinajstić information content (AvgIpc) is 3.36. The summed E-state index contributed by atoms with van der Waals surface area (Å²) in [7, 11) is 0. The van der Waals surface area contributed by atoms with Crippen molar-refractivity contribution in [2.24, 2.45) is 4.99 Å². The summed E-state index contributed by atoms with van der Waals surface area (Å²) in [6.45, 7) is 6.93. The van der Waals surface area contributed by atoms with Crippen LogP contribution in [-0.2, 0) is 0 Å². The first-order valence-corrected chi connectivity index (χ1v) is 10.7. The highest BCUT2D eigenvalue weighted by Crippen LogP contribution is 2.14. The zero-order valence-electron chi connectivity index (χ0n) is 18.2. The molecule has 0 spiro atoms. The van der Waals surface area contributed by atoms with Crippen molar-refractivity contribution in [3.63, 3.8) is 0 Å². The predicted molar refractivity (Wildman–Crippen MR) is 138 cm³/mol. The van der Waals surface area contributed by atoms with Gasteiger partial charge in [-0.2, -0.15) is 0 Å². The summed E-state index contributed by atoms with van der Waals surface area (Å²) in [4.78, 5) is 25.9. The van der Waals surface area contributed by atoms with Crippen LogP contribution in [0.3, 0.4) is 0 Å². The van der Waals surface area contributed by atoms with E-state index in [-0.39, 0.29) is 29.9 Å². The number of carbonyl (C=O) groups excluding carboxylic acids is 1. The fourth-order valence-electron chi connectivity index (χ4n) is 3.61. The Bertz CT molecular complexity index is 1030. The number of furan rings is 1. The van der Waals surface area contributed by atoms with Crippen molar-refractivity contribution in [1.82, 2.24) is 20.1 Å². The van der Waals surface area contributed by atoms with Gasteiger partial charge < -0.3 is 24.9 Å². The number of aromatic nitrogens is 1. The zero-order valence-corrected chi connectivity index (χ0v) is 20.5. The second kappa shape index (κ2) is 11.7. The van der Waals surface area contributed by atoms with Crippen LogP contribution in [-0.4, -0.2) is 72.5 Å². The number of nitrogens with one attached hydrogen (secondary N) is 2. The highest BCUT2D eigenvalue weighted by atomic mass is 127. The van der Waals surface area contributed by atoms with E-state index in [2.05, 4.69) is 39.6 Å². The SMILES string of the molecule is CCNC(=NCCNc1ccc2ccccc2n1)N1CCN(C(=O)c2ccco2)CC1.I. The van der Waals surface area contributed by atoms with Crippen molar-refractivity contribution in [2.45, 2.75) is 6.92 Å². The van der Waals surface area contributed by atoms with Crippen molar-refractivity contribution in [2.75, 3.05) is 51.1 Å². The Hall–Kier alpha value is -2.82. The first-order valence-electron chi connectivity index (χ1n) is 10.7. The molecule has 1 aliphatic rings. The molecule has 3 aromatic rings. The summed E-state index contributed by atoms with van der Waals surface area (Å²) in [6, 6.07) is 15.6. The molecule has 1 amide bonds. The Morgan fingerprint density at radius 3 is 2.59 bits per heavy atom. The number of anilines is 1. The molecule has 0 aliphatic carbocycles. The monoisotopic (exact) mass is 548 g/mol. The minimum atomic E-state index is -0.0568. The number of rotatable bonds is 6. The van der Waals surface area contributed by atoms with Gasteiger partial charge in [-0.3, -0.25) is 9.79 Å². The molecule has 2 N–H and O–H groups in total. The molecule has 1 saturated heterocycles. The van der Waals surface area contributed by atoms with Gasteiger partial charge in [0.15, 0.2) is 11.7 Å². The molecule has 0 unspecified atom stereocenters. The van der Waals surface area contributed by atoms with E-state index in [9.17, 15) is 4.79 Å². The van der Waals surface area contributed by atoms with E-state index in [1.54, 1.807) is 12.1 Å². The van der Waals surface area contributed by atoms with E-state index in [4.69, 9.17) is 9.41 Å². The molecular weight excluding hydrogens is 519 g/mol. The molecule has 0 saturated carbocycles. The molecule has 3 heterocycles. The lowest BCUT2D eigenvalue weighted by atomic mass is 10.2. The molecule has 8 nitrogen and oxygen atoms in total. The number of guanidine groups is 1.